The van der Waals surface area contributed by atoms with Gasteiger partial charge in [-0.25, -0.2) is 0 Å². The van der Waals surface area contributed by atoms with Crippen molar-refractivity contribution in [3.05, 3.63) is 36.2 Å². The molecule has 0 amide bonds. The lowest BCUT2D eigenvalue weighted by molar-refractivity contribution is 0.146. The Bertz CT molecular complexity index is 621. The van der Waals surface area contributed by atoms with E-state index in [4.69, 9.17) is 4.52 Å². The van der Waals surface area contributed by atoms with E-state index in [0.29, 0.717) is 11.9 Å². The summed E-state index contributed by atoms with van der Waals surface area (Å²) in [6, 6.07) is 11.5. The number of aromatic nitrogens is 2. The molecular weight excluding hydrogens is 298 g/mol. The molecule has 24 heavy (non-hydrogen) atoms. The lowest BCUT2D eigenvalue weighted by Gasteiger charge is -2.33. The minimum atomic E-state index is 0.657. The molecule has 1 aromatic carbocycles. The molecule has 0 radical (unpaired) electrons. The van der Waals surface area contributed by atoms with E-state index in [9.17, 15) is 0 Å². The van der Waals surface area contributed by atoms with Gasteiger partial charge in [0.05, 0.1) is 0 Å². The number of nitrogens with zero attached hydrogens (tertiary/aromatic N) is 3. The molecule has 1 aromatic heterocycles. The number of benzene rings is 1. The van der Waals surface area contributed by atoms with Gasteiger partial charge in [-0.3, -0.25) is 4.90 Å². The summed E-state index contributed by atoms with van der Waals surface area (Å²) in [5.41, 5.74) is 1.01. The molecule has 0 aliphatic heterocycles. The maximum absolute atomic E-state index is 5.43. The summed E-state index contributed by atoms with van der Waals surface area (Å²) >= 11 is 0. The van der Waals surface area contributed by atoms with E-state index in [1.807, 2.05) is 30.3 Å². The van der Waals surface area contributed by atoms with Crippen molar-refractivity contribution in [2.45, 2.75) is 65.0 Å². The van der Waals surface area contributed by atoms with Gasteiger partial charge in [-0.15, -0.1) is 0 Å². The number of rotatable bonds is 9. The quantitative estimate of drug-likeness (QED) is 0.676. The molecule has 0 N–H and O–H groups in total. The minimum Gasteiger partial charge on any atom is -0.339 e. The first kappa shape index (κ1) is 17.2. The van der Waals surface area contributed by atoms with Crippen LogP contribution in [0.2, 0.25) is 0 Å². The van der Waals surface area contributed by atoms with Crippen LogP contribution in [0.25, 0.3) is 11.4 Å². The van der Waals surface area contributed by atoms with Crippen LogP contribution in [-0.4, -0.2) is 33.7 Å². The predicted molar refractivity (Wildman–Crippen MR) is 96.7 cm³/mol. The van der Waals surface area contributed by atoms with E-state index in [1.54, 1.807) is 0 Å². The lowest BCUT2D eigenvalue weighted by Crippen LogP contribution is -2.40. The summed E-state index contributed by atoms with van der Waals surface area (Å²) in [4.78, 5) is 7.23. The maximum Gasteiger partial charge on any atom is 0.227 e. The smallest absolute Gasteiger partial charge is 0.227 e. The molecule has 0 spiro atoms. The maximum atomic E-state index is 5.43. The summed E-state index contributed by atoms with van der Waals surface area (Å²) in [6.07, 6.45) is 5.90. The van der Waals surface area contributed by atoms with Gasteiger partial charge >= 0.3 is 0 Å². The van der Waals surface area contributed by atoms with Crippen molar-refractivity contribution in [1.29, 1.82) is 0 Å². The second-order valence-electron chi connectivity index (χ2n) is 7.08. The first-order valence-corrected chi connectivity index (χ1v) is 9.32. The fourth-order valence-electron chi connectivity index (χ4n) is 3.27. The van der Waals surface area contributed by atoms with Gasteiger partial charge in [-0.1, -0.05) is 55.8 Å². The van der Waals surface area contributed by atoms with E-state index >= 15 is 0 Å². The number of hydrogen-bond donors (Lipinski definition) is 0. The molecule has 1 saturated carbocycles. The van der Waals surface area contributed by atoms with Gasteiger partial charge < -0.3 is 4.52 Å². The molecule has 0 bridgehead atoms. The largest absolute Gasteiger partial charge is 0.339 e. The minimum absolute atomic E-state index is 0.657. The molecule has 2 aromatic rings. The summed E-state index contributed by atoms with van der Waals surface area (Å²) in [5, 5.41) is 4.11. The van der Waals surface area contributed by atoms with Gasteiger partial charge in [0.15, 0.2) is 0 Å². The van der Waals surface area contributed by atoms with Crippen molar-refractivity contribution in [3.8, 4) is 11.4 Å². The second-order valence-corrected chi connectivity index (χ2v) is 7.08. The van der Waals surface area contributed by atoms with Crippen molar-refractivity contribution < 1.29 is 4.52 Å². The van der Waals surface area contributed by atoms with E-state index in [1.165, 1.54) is 19.3 Å². The molecule has 4 heteroatoms. The van der Waals surface area contributed by atoms with Crippen LogP contribution in [0.4, 0.5) is 0 Å². The fraction of sp³-hybridized carbons (Fsp3) is 0.600. The number of aryl methyl sites for hydroxylation is 1. The molecule has 1 aliphatic rings. The highest BCUT2D eigenvalue weighted by Crippen LogP contribution is 2.31. The Hall–Kier alpha value is -1.68. The Morgan fingerprint density at radius 3 is 2.62 bits per heavy atom. The molecule has 2 atom stereocenters. The monoisotopic (exact) mass is 327 g/mol. The Kier molecular flexibility index (Phi) is 5.67. The van der Waals surface area contributed by atoms with Gasteiger partial charge in [0.2, 0.25) is 11.7 Å². The van der Waals surface area contributed by atoms with Gasteiger partial charge in [0.1, 0.15) is 0 Å². The predicted octanol–water partition coefficient (Wildman–Crippen LogP) is 4.57. The van der Waals surface area contributed by atoms with Gasteiger partial charge in [0, 0.05) is 24.1 Å². The Morgan fingerprint density at radius 2 is 1.96 bits per heavy atom. The normalized spacial score (nSPS) is 17.2. The van der Waals surface area contributed by atoms with E-state index in [0.717, 1.165) is 42.8 Å². The molecule has 2 unspecified atom stereocenters. The molecule has 3 rings (SSSR count). The Balaban J connectivity index is 1.53. The van der Waals surface area contributed by atoms with E-state index in [-0.39, 0.29) is 0 Å². The zero-order chi connectivity index (χ0) is 16.9. The van der Waals surface area contributed by atoms with Crippen molar-refractivity contribution in [1.82, 2.24) is 15.0 Å². The molecular formula is C20H29N3O. The highest BCUT2D eigenvalue weighted by Gasteiger charge is 2.33. The van der Waals surface area contributed by atoms with E-state index in [2.05, 4.69) is 35.8 Å². The zero-order valence-corrected chi connectivity index (χ0v) is 15.1. The van der Waals surface area contributed by atoms with Crippen LogP contribution in [0, 0.1) is 5.92 Å². The van der Waals surface area contributed by atoms with Crippen molar-refractivity contribution in [2.24, 2.45) is 5.92 Å². The third-order valence-corrected chi connectivity index (χ3v) is 5.31. The lowest BCUT2D eigenvalue weighted by atomic mass is 9.99. The summed E-state index contributed by atoms with van der Waals surface area (Å²) in [7, 11) is 0. The molecule has 1 fully saturated rings. The van der Waals surface area contributed by atoms with Crippen LogP contribution in [-0.2, 0) is 6.42 Å². The van der Waals surface area contributed by atoms with Crippen molar-refractivity contribution in [2.75, 3.05) is 6.54 Å². The number of hydrogen-bond acceptors (Lipinski definition) is 4. The van der Waals surface area contributed by atoms with Crippen LogP contribution in [0.5, 0.6) is 0 Å². The fourth-order valence-corrected chi connectivity index (χ4v) is 3.27. The average molecular weight is 327 g/mol. The molecule has 1 heterocycles. The third-order valence-electron chi connectivity index (χ3n) is 5.31. The van der Waals surface area contributed by atoms with Crippen LogP contribution in [0.3, 0.4) is 0 Å². The van der Waals surface area contributed by atoms with E-state index < -0.39 is 0 Å². The summed E-state index contributed by atoms with van der Waals surface area (Å²) < 4.78 is 5.43. The average Bonchev–Trinajstić information content (AvgIpc) is 3.35. The summed E-state index contributed by atoms with van der Waals surface area (Å²) in [5.74, 6) is 2.19. The van der Waals surface area contributed by atoms with Crippen LogP contribution >= 0.6 is 0 Å². The SMILES string of the molecule is CCC(C)C(C)N(CCCc1nc(-c2ccccc2)no1)C1CC1. The molecule has 4 nitrogen and oxygen atoms in total. The second kappa shape index (κ2) is 7.93. The van der Waals surface area contributed by atoms with Crippen LogP contribution < -0.4 is 0 Å². The highest BCUT2D eigenvalue weighted by molar-refractivity contribution is 5.53. The highest BCUT2D eigenvalue weighted by atomic mass is 16.5. The topological polar surface area (TPSA) is 42.2 Å². The van der Waals surface area contributed by atoms with Gasteiger partial charge in [-0.05, 0) is 38.6 Å². The molecule has 0 saturated heterocycles. The first-order valence-electron chi connectivity index (χ1n) is 9.32. The van der Waals surface area contributed by atoms with Gasteiger partial charge in [0.25, 0.3) is 0 Å². The zero-order valence-electron chi connectivity index (χ0n) is 15.1. The van der Waals surface area contributed by atoms with Crippen molar-refractivity contribution in [3.63, 3.8) is 0 Å². The first-order chi connectivity index (χ1) is 11.7. The molecule has 130 valence electrons. The Morgan fingerprint density at radius 1 is 1.21 bits per heavy atom. The third kappa shape index (κ3) is 4.23. The van der Waals surface area contributed by atoms with Gasteiger partial charge in [-0.2, -0.15) is 4.98 Å². The van der Waals surface area contributed by atoms with Crippen LogP contribution in [0.1, 0.15) is 52.3 Å². The standard InChI is InChI=1S/C20H29N3O/c1-4-15(2)16(3)23(18-12-13-18)14-8-11-19-21-20(22-24-19)17-9-6-5-7-10-17/h5-7,9-10,15-16,18H,4,8,11-14H2,1-3H3. The van der Waals surface area contributed by atoms with Crippen molar-refractivity contribution >= 4 is 0 Å². The van der Waals surface area contributed by atoms with Crippen LogP contribution in [0.15, 0.2) is 34.9 Å². The Labute approximate surface area is 145 Å². The molecule has 1 aliphatic carbocycles. The summed E-state index contributed by atoms with van der Waals surface area (Å²) in [6.45, 7) is 8.16.